The lowest BCUT2D eigenvalue weighted by Crippen LogP contribution is -2.61. The highest BCUT2D eigenvalue weighted by atomic mass is 16.7. The lowest BCUT2D eigenvalue weighted by molar-refractivity contribution is -0.277. The first-order valence-corrected chi connectivity index (χ1v) is 12.6. The molecule has 0 bridgehead atoms. The fourth-order valence-corrected chi connectivity index (χ4v) is 4.55. The Morgan fingerprint density at radius 3 is 2.14 bits per heavy atom. The monoisotopic (exact) mass is 616 g/mol. The smallest absolute Gasteiger partial charge is 0.338 e. The van der Waals surface area contributed by atoms with E-state index >= 15 is 0 Å². The van der Waals surface area contributed by atoms with E-state index in [2.05, 4.69) is 0 Å². The average Bonchev–Trinajstić information content (AvgIpc) is 2.97. The Morgan fingerprint density at radius 1 is 0.818 bits per heavy atom. The van der Waals surface area contributed by atoms with Crippen LogP contribution in [0.1, 0.15) is 10.4 Å². The van der Waals surface area contributed by atoms with E-state index in [4.69, 9.17) is 18.6 Å². The van der Waals surface area contributed by atoms with Crippen LogP contribution in [0.15, 0.2) is 51.7 Å². The van der Waals surface area contributed by atoms with Crippen molar-refractivity contribution in [3.05, 3.63) is 58.3 Å². The van der Waals surface area contributed by atoms with Gasteiger partial charge in [-0.25, -0.2) is 4.79 Å². The minimum absolute atomic E-state index is 0.0731. The SMILES string of the molecule is O=C(OC1C(O)C(CO)OC(Oc2c(-c3ccc(O)c(O)c3)oc3cc(O)cc(O)c3c2=O)C1O)c1cc(O)c(O)c(O)c1. The van der Waals surface area contributed by atoms with E-state index in [0.29, 0.717) is 0 Å². The van der Waals surface area contributed by atoms with E-state index in [1.165, 1.54) is 6.07 Å². The summed E-state index contributed by atoms with van der Waals surface area (Å²) in [6, 6.07) is 6.56. The van der Waals surface area contributed by atoms with Crippen LogP contribution < -0.4 is 10.2 Å². The molecule has 0 aliphatic carbocycles. The molecule has 10 N–H and O–H groups in total. The molecule has 16 nitrogen and oxygen atoms in total. The van der Waals surface area contributed by atoms with E-state index in [1.54, 1.807) is 0 Å². The highest BCUT2D eigenvalue weighted by molar-refractivity contribution is 5.91. The molecule has 0 saturated carbocycles. The summed E-state index contributed by atoms with van der Waals surface area (Å²) < 4.78 is 22.0. The van der Waals surface area contributed by atoms with E-state index in [-0.39, 0.29) is 11.1 Å². The van der Waals surface area contributed by atoms with Crippen molar-refractivity contribution in [3.63, 3.8) is 0 Å². The molecule has 44 heavy (non-hydrogen) atoms. The van der Waals surface area contributed by atoms with Gasteiger partial charge in [0.15, 0.2) is 46.7 Å². The summed E-state index contributed by atoms with van der Waals surface area (Å²) in [6.07, 6.45) is -9.47. The molecular formula is C28H24O16. The van der Waals surface area contributed by atoms with Crippen LogP contribution in [0.3, 0.4) is 0 Å². The number of phenols is 7. The molecule has 1 fully saturated rings. The Labute approximate surface area is 244 Å². The second-order valence-electron chi connectivity index (χ2n) is 9.69. The van der Waals surface area contributed by atoms with Gasteiger partial charge < -0.3 is 69.7 Å². The third kappa shape index (κ3) is 5.29. The van der Waals surface area contributed by atoms with Gasteiger partial charge in [-0.2, -0.15) is 0 Å². The van der Waals surface area contributed by atoms with Crippen LogP contribution >= 0.6 is 0 Å². The fourth-order valence-electron chi connectivity index (χ4n) is 4.55. The normalized spacial score (nSPS) is 21.7. The Hall–Kier alpha value is -5.42. The first-order valence-electron chi connectivity index (χ1n) is 12.6. The van der Waals surface area contributed by atoms with Gasteiger partial charge in [-0.15, -0.1) is 0 Å². The van der Waals surface area contributed by atoms with Crippen LogP contribution in [0.4, 0.5) is 0 Å². The van der Waals surface area contributed by atoms with Crippen molar-refractivity contribution in [2.45, 2.75) is 30.7 Å². The van der Waals surface area contributed by atoms with Crippen molar-refractivity contribution in [3.8, 4) is 57.3 Å². The number of carbonyl (C=O) groups is 1. The van der Waals surface area contributed by atoms with Crippen LogP contribution in [0.5, 0.6) is 46.0 Å². The number of hydrogen-bond acceptors (Lipinski definition) is 16. The fraction of sp³-hybridized carbons (Fsp3) is 0.214. The van der Waals surface area contributed by atoms with Crippen LogP contribution in [0, 0.1) is 0 Å². The summed E-state index contributed by atoms with van der Waals surface area (Å²) in [4.78, 5) is 26.4. The van der Waals surface area contributed by atoms with Crippen LogP contribution in [-0.2, 0) is 9.47 Å². The molecule has 232 valence electrons. The third-order valence-electron chi connectivity index (χ3n) is 6.76. The van der Waals surface area contributed by atoms with Gasteiger partial charge in [0.05, 0.1) is 12.2 Å². The number of phenolic OH excluding ortho intramolecular Hbond substituents is 7. The number of fused-ring (bicyclic) bond motifs is 1. The van der Waals surface area contributed by atoms with Crippen molar-refractivity contribution >= 4 is 16.9 Å². The highest BCUT2D eigenvalue weighted by Crippen LogP contribution is 2.40. The molecule has 1 aliphatic rings. The van der Waals surface area contributed by atoms with Crippen molar-refractivity contribution in [2.75, 3.05) is 6.61 Å². The summed E-state index contributed by atoms with van der Waals surface area (Å²) in [5.74, 6) is -7.56. The maximum absolute atomic E-state index is 13.6. The molecule has 0 amide bonds. The van der Waals surface area contributed by atoms with E-state index in [0.717, 1.165) is 36.4 Å². The van der Waals surface area contributed by atoms with Gasteiger partial charge in [0, 0.05) is 17.7 Å². The van der Waals surface area contributed by atoms with Crippen LogP contribution in [0.25, 0.3) is 22.3 Å². The molecule has 16 heteroatoms. The Kier molecular flexibility index (Phi) is 7.75. The predicted octanol–water partition coefficient (Wildman–Crippen LogP) is 0.443. The van der Waals surface area contributed by atoms with Crippen molar-refractivity contribution in [2.24, 2.45) is 0 Å². The van der Waals surface area contributed by atoms with E-state index in [1.807, 2.05) is 0 Å². The van der Waals surface area contributed by atoms with E-state index in [9.17, 15) is 60.7 Å². The van der Waals surface area contributed by atoms with Gasteiger partial charge in [0.25, 0.3) is 0 Å². The quantitative estimate of drug-likeness (QED) is 0.104. The number of hydrogen-bond donors (Lipinski definition) is 10. The lowest BCUT2D eigenvalue weighted by atomic mass is 9.98. The zero-order valence-electron chi connectivity index (χ0n) is 22.1. The van der Waals surface area contributed by atoms with Gasteiger partial charge in [-0.3, -0.25) is 4.79 Å². The van der Waals surface area contributed by atoms with Gasteiger partial charge >= 0.3 is 5.97 Å². The number of esters is 1. The zero-order chi connectivity index (χ0) is 32.0. The standard InChI is InChI=1S/C28H24O16/c29-8-18-21(37)25(43-27(40)10-4-15(34)20(36)16(35)5-10)23(39)28(42-18)44-26-22(38)19-14(33)6-11(30)7-17(19)41-24(26)9-1-2-12(31)13(32)3-9/h1-7,18,21,23,25,28-37,39H,8H2. The molecule has 5 unspecified atom stereocenters. The van der Waals surface area contributed by atoms with Crippen LogP contribution in [0.2, 0.25) is 0 Å². The highest BCUT2D eigenvalue weighted by Gasteiger charge is 2.48. The number of aliphatic hydroxyl groups excluding tert-OH is 3. The zero-order valence-corrected chi connectivity index (χ0v) is 22.1. The van der Waals surface area contributed by atoms with Gasteiger partial charge in [0.2, 0.25) is 17.5 Å². The number of aliphatic hydroxyl groups is 3. The summed E-state index contributed by atoms with van der Waals surface area (Å²) in [7, 11) is 0. The summed E-state index contributed by atoms with van der Waals surface area (Å²) >= 11 is 0. The van der Waals surface area contributed by atoms with Gasteiger partial charge in [-0.1, -0.05) is 0 Å². The Bertz CT molecular complexity index is 1790. The van der Waals surface area contributed by atoms with Crippen LogP contribution in [-0.4, -0.2) is 94.3 Å². The number of benzene rings is 3. The third-order valence-corrected chi connectivity index (χ3v) is 6.76. The maximum atomic E-state index is 13.6. The first-order chi connectivity index (χ1) is 20.8. The maximum Gasteiger partial charge on any atom is 0.338 e. The molecule has 3 aromatic carbocycles. The molecule has 4 aromatic rings. The second-order valence-corrected chi connectivity index (χ2v) is 9.69. The molecular weight excluding hydrogens is 592 g/mol. The van der Waals surface area contributed by atoms with Gasteiger partial charge in [0.1, 0.15) is 34.7 Å². The summed E-state index contributed by atoms with van der Waals surface area (Å²) in [5.41, 5.74) is -1.98. The van der Waals surface area contributed by atoms with Crippen molar-refractivity contribution < 1.29 is 74.5 Å². The molecule has 2 heterocycles. The number of aromatic hydroxyl groups is 7. The van der Waals surface area contributed by atoms with E-state index < -0.39 is 111 Å². The summed E-state index contributed by atoms with van der Waals surface area (Å²) in [6.45, 7) is -0.909. The molecule has 1 saturated heterocycles. The molecule has 5 atom stereocenters. The topological polar surface area (TPSA) is 277 Å². The number of ether oxygens (including phenoxy) is 3. The predicted molar refractivity (Wildman–Crippen MR) is 144 cm³/mol. The lowest BCUT2D eigenvalue weighted by Gasteiger charge is -2.41. The minimum Gasteiger partial charge on any atom is -0.508 e. The minimum atomic E-state index is -2.10. The molecule has 0 radical (unpaired) electrons. The largest absolute Gasteiger partial charge is 0.508 e. The molecule has 1 aromatic heterocycles. The molecule has 5 rings (SSSR count). The second kappa shape index (κ2) is 11.3. The Morgan fingerprint density at radius 2 is 1.50 bits per heavy atom. The number of rotatable bonds is 6. The molecule has 1 aliphatic heterocycles. The first kappa shape index (κ1) is 30.1. The Balaban J connectivity index is 1.57. The van der Waals surface area contributed by atoms with Crippen molar-refractivity contribution in [1.82, 2.24) is 0 Å². The average molecular weight is 616 g/mol. The van der Waals surface area contributed by atoms with Gasteiger partial charge in [-0.05, 0) is 30.3 Å². The summed E-state index contributed by atoms with van der Waals surface area (Å²) in [5, 5.41) is 100. The van der Waals surface area contributed by atoms with Crippen molar-refractivity contribution in [1.29, 1.82) is 0 Å². The molecule has 0 spiro atoms. The number of carbonyl (C=O) groups excluding carboxylic acids is 1.